The van der Waals surface area contributed by atoms with Gasteiger partial charge in [-0.2, -0.15) is 0 Å². The summed E-state index contributed by atoms with van der Waals surface area (Å²) in [6.45, 7) is 9.31. The van der Waals surface area contributed by atoms with Crippen LogP contribution in [0.4, 0.5) is 0 Å². The van der Waals surface area contributed by atoms with Gasteiger partial charge in [0.25, 0.3) is 5.91 Å². The molecule has 0 aliphatic rings. The number of carbonyl (C=O) groups is 2. The Hall–Kier alpha value is -2.43. The van der Waals surface area contributed by atoms with Gasteiger partial charge >= 0.3 is 5.97 Å². The fraction of sp³-hybridized carbons (Fsp3) is 0.421. The summed E-state index contributed by atoms with van der Waals surface area (Å²) in [7, 11) is 0. The highest BCUT2D eigenvalue weighted by Gasteiger charge is 2.19. The number of nitrogens with one attached hydrogen (secondary N) is 1. The van der Waals surface area contributed by atoms with Crippen LogP contribution in [0.25, 0.3) is 10.9 Å². The first-order valence-electron chi connectivity index (χ1n) is 8.13. The number of fused-ring (bicyclic) bond motifs is 1. The number of hydrogen-bond acceptors (Lipinski definition) is 4. The molecule has 1 aromatic carbocycles. The van der Waals surface area contributed by atoms with E-state index in [0.29, 0.717) is 17.2 Å². The maximum absolute atomic E-state index is 12.4. The second-order valence-corrected chi connectivity index (χ2v) is 6.39. The number of benzene rings is 1. The van der Waals surface area contributed by atoms with Gasteiger partial charge in [0.05, 0.1) is 16.8 Å². The Bertz CT molecular complexity index is 769. The fourth-order valence-electron chi connectivity index (χ4n) is 2.50. The quantitative estimate of drug-likeness (QED) is 0.856. The Kier molecular flexibility index (Phi) is 5.54. The van der Waals surface area contributed by atoms with Crippen molar-refractivity contribution in [2.45, 2.75) is 40.7 Å². The van der Waals surface area contributed by atoms with E-state index in [-0.39, 0.29) is 18.6 Å². The molecule has 5 nitrogen and oxygen atoms in total. The van der Waals surface area contributed by atoms with Crippen LogP contribution in [0.1, 0.15) is 42.4 Å². The third-order valence-corrected chi connectivity index (χ3v) is 4.26. The first-order chi connectivity index (χ1) is 11.3. The van der Waals surface area contributed by atoms with E-state index < -0.39 is 5.97 Å². The lowest BCUT2D eigenvalue weighted by Crippen LogP contribution is -2.38. The number of pyridine rings is 1. The number of hydrogen-bond donors (Lipinski definition) is 1. The van der Waals surface area contributed by atoms with Gasteiger partial charge < -0.3 is 10.1 Å². The highest BCUT2D eigenvalue weighted by atomic mass is 16.5. The van der Waals surface area contributed by atoms with Gasteiger partial charge in [-0.05, 0) is 38.3 Å². The zero-order valence-electron chi connectivity index (χ0n) is 14.8. The number of esters is 1. The fourth-order valence-corrected chi connectivity index (χ4v) is 2.50. The number of rotatable bonds is 5. The molecule has 0 fully saturated rings. The van der Waals surface area contributed by atoms with Crippen molar-refractivity contribution >= 4 is 22.8 Å². The maximum Gasteiger partial charge on any atom is 0.340 e. The number of amides is 1. The van der Waals surface area contributed by atoms with Crippen LogP contribution in [-0.4, -0.2) is 29.5 Å². The molecule has 1 heterocycles. The first kappa shape index (κ1) is 17.9. The third-order valence-electron chi connectivity index (χ3n) is 4.26. The summed E-state index contributed by atoms with van der Waals surface area (Å²) in [5.41, 5.74) is 2.69. The molecule has 128 valence electrons. The van der Waals surface area contributed by atoms with E-state index in [2.05, 4.69) is 10.3 Å². The number of aryl methyl sites for hydroxylation is 2. The average molecular weight is 328 g/mol. The molecule has 2 aromatic rings. The summed E-state index contributed by atoms with van der Waals surface area (Å²) in [5, 5.41) is 3.72. The van der Waals surface area contributed by atoms with E-state index in [1.807, 2.05) is 52.0 Å². The summed E-state index contributed by atoms with van der Waals surface area (Å²) in [5.74, 6) is -0.497. The van der Waals surface area contributed by atoms with Gasteiger partial charge in [0.15, 0.2) is 6.61 Å². The zero-order chi connectivity index (χ0) is 17.9. The Morgan fingerprint density at radius 3 is 2.50 bits per heavy atom. The summed E-state index contributed by atoms with van der Waals surface area (Å²) < 4.78 is 5.19. The summed E-state index contributed by atoms with van der Waals surface area (Å²) in [6, 6.07) is 7.67. The van der Waals surface area contributed by atoms with Gasteiger partial charge in [-0.15, -0.1) is 0 Å². The van der Waals surface area contributed by atoms with Crippen LogP contribution in [0, 0.1) is 19.8 Å². The molecule has 0 unspecified atom stereocenters. The van der Waals surface area contributed by atoms with Gasteiger partial charge in [-0.3, -0.25) is 9.78 Å². The zero-order valence-corrected chi connectivity index (χ0v) is 14.8. The first-order valence-corrected chi connectivity index (χ1v) is 8.13. The van der Waals surface area contributed by atoms with Crippen molar-refractivity contribution in [3.63, 3.8) is 0 Å². The van der Waals surface area contributed by atoms with E-state index in [9.17, 15) is 9.59 Å². The van der Waals surface area contributed by atoms with Crippen LogP contribution < -0.4 is 5.32 Å². The summed E-state index contributed by atoms with van der Waals surface area (Å²) in [6.07, 6.45) is 0. The minimum atomic E-state index is -0.518. The number of para-hydroxylation sites is 1. The van der Waals surface area contributed by atoms with Crippen molar-refractivity contribution < 1.29 is 14.3 Å². The van der Waals surface area contributed by atoms with Crippen LogP contribution in [0.3, 0.4) is 0 Å². The molecular weight excluding hydrogens is 304 g/mol. The van der Waals surface area contributed by atoms with Crippen molar-refractivity contribution in [2.75, 3.05) is 6.61 Å². The molecule has 0 radical (unpaired) electrons. The lowest BCUT2D eigenvalue weighted by molar-refractivity contribution is -0.125. The standard InChI is InChI=1S/C19H24N2O3/c1-11(2)13(4)21-17(22)10-24-19(23)18-12(3)15-8-6-7-9-16(15)20-14(18)5/h6-9,11,13H,10H2,1-5H3,(H,21,22)/t13-/m0/s1. The van der Waals surface area contributed by atoms with E-state index >= 15 is 0 Å². The normalized spacial score (nSPS) is 12.2. The minimum absolute atomic E-state index is 0.0296. The lowest BCUT2D eigenvalue weighted by atomic mass is 10.0. The van der Waals surface area contributed by atoms with E-state index in [1.165, 1.54) is 0 Å². The highest BCUT2D eigenvalue weighted by Crippen LogP contribution is 2.23. The third kappa shape index (κ3) is 3.91. The van der Waals surface area contributed by atoms with E-state index in [1.54, 1.807) is 6.92 Å². The predicted octanol–water partition coefficient (Wildman–Crippen LogP) is 3.17. The molecule has 24 heavy (non-hydrogen) atoms. The van der Waals surface area contributed by atoms with E-state index in [4.69, 9.17) is 4.74 Å². The van der Waals surface area contributed by atoms with Gasteiger partial charge in [0.1, 0.15) is 0 Å². The van der Waals surface area contributed by atoms with Gasteiger partial charge in [-0.25, -0.2) is 4.79 Å². The molecule has 1 aromatic heterocycles. The molecule has 0 spiro atoms. The smallest absolute Gasteiger partial charge is 0.340 e. The minimum Gasteiger partial charge on any atom is -0.452 e. The number of carbonyl (C=O) groups excluding carboxylic acids is 2. The van der Waals surface area contributed by atoms with Crippen molar-refractivity contribution in [2.24, 2.45) is 5.92 Å². The number of ether oxygens (including phenoxy) is 1. The SMILES string of the molecule is Cc1nc2ccccc2c(C)c1C(=O)OCC(=O)N[C@@H](C)C(C)C. The Labute approximate surface area is 142 Å². The Balaban J connectivity index is 2.13. The second-order valence-electron chi connectivity index (χ2n) is 6.39. The van der Waals surface area contributed by atoms with Crippen LogP contribution in [0.2, 0.25) is 0 Å². The van der Waals surface area contributed by atoms with E-state index in [0.717, 1.165) is 16.5 Å². The number of nitrogens with zero attached hydrogens (tertiary/aromatic N) is 1. The largest absolute Gasteiger partial charge is 0.452 e. The molecule has 5 heteroatoms. The molecular formula is C19H24N2O3. The number of aromatic nitrogens is 1. The molecule has 0 saturated heterocycles. The highest BCUT2D eigenvalue weighted by molar-refractivity contribution is 5.99. The van der Waals surface area contributed by atoms with Crippen molar-refractivity contribution in [3.05, 3.63) is 41.1 Å². The maximum atomic E-state index is 12.4. The van der Waals surface area contributed by atoms with Gasteiger partial charge in [-0.1, -0.05) is 32.0 Å². The second kappa shape index (κ2) is 7.43. The van der Waals surface area contributed by atoms with Crippen molar-refractivity contribution in [3.8, 4) is 0 Å². The topological polar surface area (TPSA) is 68.3 Å². The molecule has 1 amide bonds. The molecule has 0 aliphatic carbocycles. The molecule has 0 saturated carbocycles. The Morgan fingerprint density at radius 1 is 1.17 bits per heavy atom. The molecule has 1 N–H and O–H groups in total. The Morgan fingerprint density at radius 2 is 1.83 bits per heavy atom. The van der Waals surface area contributed by atoms with Crippen molar-refractivity contribution in [1.29, 1.82) is 0 Å². The van der Waals surface area contributed by atoms with Crippen molar-refractivity contribution in [1.82, 2.24) is 10.3 Å². The molecule has 0 bridgehead atoms. The average Bonchev–Trinajstić information content (AvgIpc) is 2.52. The monoisotopic (exact) mass is 328 g/mol. The molecule has 2 rings (SSSR count). The predicted molar refractivity (Wildman–Crippen MR) is 93.9 cm³/mol. The summed E-state index contributed by atoms with van der Waals surface area (Å²) >= 11 is 0. The van der Waals surface area contributed by atoms with Crippen LogP contribution in [0.5, 0.6) is 0 Å². The molecule has 1 atom stereocenters. The summed E-state index contributed by atoms with van der Waals surface area (Å²) in [4.78, 5) is 28.7. The van der Waals surface area contributed by atoms with Gasteiger partial charge in [0, 0.05) is 11.4 Å². The van der Waals surface area contributed by atoms with Crippen LogP contribution in [0.15, 0.2) is 24.3 Å². The van der Waals surface area contributed by atoms with Crippen LogP contribution in [-0.2, 0) is 9.53 Å². The lowest BCUT2D eigenvalue weighted by Gasteiger charge is -2.17. The molecule has 0 aliphatic heterocycles. The van der Waals surface area contributed by atoms with Gasteiger partial charge in [0.2, 0.25) is 0 Å². The van der Waals surface area contributed by atoms with Crippen LogP contribution >= 0.6 is 0 Å².